The fraction of sp³-hybridized carbons (Fsp3) is 0.133. The minimum Gasteiger partial charge on any atom is -0.508 e. The fourth-order valence-corrected chi connectivity index (χ4v) is 1.82. The first kappa shape index (κ1) is 13.9. The van der Waals surface area contributed by atoms with Gasteiger partial charge in [-0.3, -0.25) is 4.79 Å². The Hall–Kier alpha value is -2.56. The van der Waals surface area contributed by atoms with Crippen LogP contribution < -0.4 is 11.1 Å². The third-order valence-electron chi connectivity index (χ3n) is 3.11. The highest BCUT2D eigenvalue weighted by molar-refractivity contribution is 6.06. The van der Waals surface area contributed by atoms with Gasteiger partial charge in [0.15, 0.2) is 0 Å². The van der Waals surface area contributed by atoms with E-state index in [2.05, 4.69) is 5.32 Å². The molecular weight excluding hydrogens is 259 g/mol. The molecule has 20 heavy (non-hydrogen) atoms. The summed E-state index contributed by atoms with van der Waals surface area (Å²) in [5.74, 6) is -1.63. The van der Waals surface area contributed by atoms with Crippen LogP contribution in [0.3, 0.4) is 0 Å². The van der Waals surface area contributed by atoms with Crippen molar-refractivity contribution in [1.29, 1.82) is 0 Å². The number of halogens is 1. The summed E-state index contributed by atoms with van der Waals surface area (Å²) in [6.07, 6.45) is 0. The van der Waals surface area contributed by atoms with Crippen LogP contribution in [0.1, 0.15) is 21.5 Å². The molecule has 2 aromatic carbocycles. The summed E-state index contributed by atoms with van der Waals surface area (Å²) in [5.41, 5.74) is 8.51. The first-order valence-electron chi connectivity index (χ1n) is 6.05. The maximum atomic E-state index is 13.6. The maximum absolute atomic E-state index is 13.6. The molecule has 1 amide bonds. The molecule has 0 atom stereocenters. The van der Waals surface area contributed by atoms with Gasteiger partial charge in [0.25, 0.3) is 5.91 Å². The van der Waals surface area contributed by atoms with E-state index < -0.39 is 11.7 Å². The smallest absolute Gasteiger partial charge is 0.258 e. The number of nitrogens with two attached hydrogens (primary N) is 1. The Balaban J connectivity index is 2.30. The number of aryl methyl sites for hydroxylation is 2. The minimum absolute atomic E-state index is 0.152. The number of hydrogen-bond donors (Lipinski definition) is 3. The Bertz CT molecular complexity index is 684. The second kappa shape index (κ2) is 5.21. The van der Waals surface area contributed by atoms with Crippen LogP contribution in [-0.4, -0.2) is 11.0 Å². The topological polar surface area (TPSA) is 75.3 Å². The van der Waals surface area contributed by atoms with E-state index in [4.69, 9.17) is 10.8 Å². The molecule has 0 bridgehead atoms. The molecule has 0 spiro atoms. The molecule has 0 aliphatic heterocycles. The number of amides is 1. The molecule has 2 rings (SSSR count). The first-order chi connectivity index (χ1) is 9.38. The van der Waals surface area contributed by atoms with E-state index in [1.165, 1.54) is 12.1 Å². The van der Waals surface area contributed by atoms with Crippen LogP contribution in [0.2, 0.25) is 0 Å². The number of anilines is 2. The summed E-state index contributed by atoms with van der Waals surface area (Å²) < 4.78 is 13.6. The molecule has 0 aliphatic rings. The van der Waals surface area contributed by atoms with E-state index in [1.807, 2.05) is 13.8 Å². The Morgan fingerprint density at radius 1 is 1.20 bits per heavy atom. The van der Waals surface area contributed by atoms with Gasteiger partial charge in [-0.1, -0.05) is 0 Å². The van der Waals surface area contributed by atoms with E-state index in [9.17, 15) is 9.18 Å². The lowest BCUT2D eigenvalue weighted by Crippen LogP contribution is -2.15. The molecular formula is C15H15FN2O2. The Labute approximate surface area is 116 Å². The molecule has 4 nitrogen and oxygen atoms in total. The van der Waals surface area contributed by atoms with Crippen molar-refractivity contribution in [3.05, 3.63) is 52.8 Å². The first-order valence-corrected chi connectivity index (χ1v) is 6.05. The zero-order valence-corrected chi connectivity index (χ0v) is 11.2. The van der Waals surface area contributed by atoms with Crippen molar-refractivity contribution < 1.29 is 14.3 Å². The van der Waals surface area contributed by atoms with Crippen LogP contribution in [0.25, 0.3) is 0 Å². The molecule has 0 aromatic heterocycles. The van der Waals surface area contributed by atoms with Gasteiger partial charge in [0.2, 0.25) is 0 Å². The van der Waals surface area contributed by atoms with Gasteiger partial charge in [-0.15, -0.1) is 0 Å². The Morgan fingerprint density at radius 3 is 2.50 bits per heavy atom. The molecule has 0 saturated heterocycles. The van der Waals surface area contributed by atoms with Crippen molar-refractivity contribution in [2.45, 2.75) is 13.8 Å². The average molecular weight is 274 g/mol. The van der Waals surface area contributed by atoms with Gasteiger partial charge in [0.05, 0.1) is 16.9 Å². The van der Waals surface area contributed by atoms with Gasteiger partial charge in [-0.05, 0) is 49.2 Å². The largest absolute Gasteiger partial charge is 0.508 e. The van der Waals surface area contributed by atoms with E-state index in [0.29, 0.717) is 11.4 Å². The van der Waals surface area contributed by atoms with Crippen LogP contribution >= 0.6 is 0 Å². The summed E-state index contributed by atoms with van der Waals surface area (Å²) >= 11 is 0. The number of rotatable bonds is 2. The molecule has 0 fully saturated rings. The van der Waals surface area contributed by atoms with Crippen LogP contribution in [0, 0.1) is 19.7 Å². The molecule has 104 valence electrons. The second-order valence-electron chi connectivity index (χ2n) is 4.64. The van der Waals surface area contributed by atoms with Gasteiger partial charge in [-0.2, -0.15) is 0 Å². The zero-order chi connectivity index (χ0) is 14.9. The van der Waals surface area contributed by atoms with Gasteiger partial charge >= 0.3 is 0 Å². The van der Waals surface area contributed by atoms with E-state index in [0.717, 1.165) is 17.2 Å². The van der Waals surface area contributed by atoms with Crippen molar-refractivity contribution in [3.8, 4) is 5.75 Å². The molecule has 0 heterocycles. The number of carbonyl (C=O) groups excluding carboxylic acids is 1. The van der Waals surface area contributed by atoms with Crippen molar-refractivity contribution in [2.75, 3.05) is 11.1 Å². The molecule has 4 N–H and O–H groups in total. The molecule has 0 saturated carbocycles. The normalized spacial score (nSPS) is 10.3. The number of nitrogens with one attached hydrogen (secondary N) is 1. The SMILES string of the molecule is Cc1cc(N)c(NC(=O)c2ccc(O)cc2F)cc1C. The molecule has 5 heteroatoms. The fourth-order valence-electron chi connectivity index (χ4n) is 1.82. The maximum Gasteiger partial charge on any atom is 0.258 e. The van der Waals surface area contributed by atoms with Crippen molar-refractivity contribution in [2.24, 2.45) is 0 Å². The Kier molecular flexibility index (Phi) is 3.61. The highest BCUT2D eigenvalue weighted by atomic mass is 19.1. The van der Waals surface area contributed by atoms with E-state index in [1.54, 1.807) is 12.1 Å². The van der Waals surface area contributed by atoms with Crippen LogP contribution in [0.4, 0.5) is 15.8 Å². The zero-order valence-electron chi connectivity index (χ0n) is 11.2. The highest BCUT2D eigenvalue weighted by Crippen LogP contribution is 2.24. The lowest BCUT2D eigenvalue weighted by atomic mass is 10.1. The number of carbonyl (C=O) groups is 1. The monoisotopic (exact) mass is 274 g/mol. The minimum atomic E-state index is -0.787. The van der Waals surface area contributed by atoms with Gasteiger partial charge in [0.1, 0.15) is 11.6 Å². The lowest BCUT2D eigenvalue weighted by Gasteiger charge is -2.11. The van der Waals surface area contributed by atoms with Crippen molar-refractivity contribution in [1.82, 2.24) is 0 Å². The number of phenolic OH excluding ortho intramolecular Hbond substituents is 1. The molecule has 0 radical (unpaired) electrons. The van der Waals surface area contributed by atoms with Crippen molar-refractivity contribution >= 4 is 17.3 Å². The van der Waals surface area contributed by atoms with E-state index >= 15 is 0 Å². The summed E-state index contributed by atoms with van der Waals surface area (Å²) in [6, 6.07) is 6.84. The number of phenols is 1. The predicted molar refractivity (Wildman–Crippen MR) is 76.3 cm³/mol. The van der Waals surface area contributed by atoms with Gasteiger partial charge in [0, 0.05) is 6.07 Å². The summed E-state index contributed by atoms with van der Waals surface area (Å²) in [6.45, 7) is 3.81. The summed E-state index contributed by atoms with van der Waals surface area (Å²) in [5, 5.41) is 11.7. The van der Waals surface area contributed by atoms with E-state index in [-0.39, 0.29) is 11.3 Å². The number of benzene rings is 2. The summed E-state index contributed by atoms with van der Waals surface area (Å²) in [4.78, 5) is 12.0. The average Bonchev–Trinajstić information content (AvgIpc) is 2.35. The second-order valence-corrected chi connectivity index (χ2v) is 4.64. The number of nitrogen functional groups attached to an aromatic ring is 1. The van der Waals surface area contributed by atoms with Crippen LogP contribution in [-0.2, 0) is 0 Å². The third-order valence-corrected chi connectivity index (χ3v) is 3.11. The number of hydrogen-bond acceptors (Lipinski definition) is 3. The Morgan fingerprint density at radius 2 is 1.85 bits per heavy atom. The van der Waals surface area contributed by atoms with Crippen LogP contribution in [0.5, 0.6) is 5.75 Å². The highest BCUT2D eigenvalue weighted by Gasteiger charge is 2.14. The molecule has 0 aliphatic carbocycles. The standard InChI is InChI=1S/C15H15FN2O2/c1-8-5-13(17)14(6-9(8)2)18-15(20)11-4-3-10(19)7-12(11)16/h3-7,19H,17H2,1-2H3,(H,18,20). The molecule has 0 unspecified atom stereocenters. The predicted octanol–water partition coefficient (Wildman–Crippen LogP) is 2.98. The van der Waals surface area contributed by atoms with Gasteiger partial charge < -0.3 is 16.2 Å². The molecule has 2 aromatic rings. The van der Waals surface area contributed by atoms with Crippen molar-refractivity contribution in [3.63, 3.8) is 0 Å². The summed E-state index contributed by atoms with van der Waals surface area (Å²) in [7, 11) is 0. The van der Waals surface area contributed by atoms with Crippen LogP contribution in [0.15, 0.2) is 30.3 Å². The quantitative estimate of drug-likeness (QED) is 0.737. The number of aromatic hydroxyl groups is 1. The third kappa shape index (κ3) is 2.71. The lowest BCUT2D eigenvalue weighted by molar-refractivity contribution is 0.102. The van der Waals surface area contributed by atoms with Gasteiger partial charge in [-0.25, -0.2) is 4.39 Å².